The highest BCUT2D eigenvalue weighted by molar-refractivity contribution is 5.61. The number of nitrogens with one attached hydrogen (secondary N) is 2. The van der Waals surface area contributed by atoms with Gasteiger partial charge in [-0.15, -0.1) is 0 Å². The number of nitrogens with two attached hydrogens (primary N) is 1. The minimum absolute atomic E-state index is 0.377. The molecule has 4 heteroatoms. The number of aromatic nitrogens is 1. The number of allylic oxidation sites excluding steroid dienone is 1. The van der Waals surface area contributed by atoms with Gasteiger partial charge in [-0.05, 0) is 73.3 Å². The molecule has 0 bridgehead atoms. The number of fused-ring (bicyclic) bond motifs is 1. The van der Waals surface area contributed by atoms with Crippen LogP contribution in [0.4, 0.5) is 5.82 Å². The van der Waals surface area contributed by atoms with Crippen LogP contribution < -0.4 is 16.4 Å². The van der Waals surface area contributed by atoms with Gasteiger partial charge < -0.3 is 16.4 Å². The van der Waals surface area contributed by atoms with Crippen LogP contribution >= 0.6 is 0 Å². The van der Waals surface area contributed by atoms with E-state index >= 15 is 0 Å². The molecule has 4 N–H and O–H groups in total. The number of hydrogen-bond acceptors (Lipinski definition) is 4. The first kappa shape index (κ1) is 19.2. The Hall–Kier alpha value is -2.17. The highest BCUT2D eigenvalue weighted by Crippen LogP contribution is 2.36. The number of benzene rings is 1. The van der Waals surface area contributed by atoms with Crippen LogP contribution in [0.3, 0.4) is 0 Å². The second-order valence-corrected chi connectivity index (χ2v) is 8.15. The summed E-state index contributed by atoms with van der Waals surface area (Å²) in [6.07, 6.45) is 12.6. The summed E-state index contributed by atoms with van der Waals surface area (Å²) in [5.74, 6) is 1.52. The molecule has 3 atom stereocenters. The van der Waals surface area contributed by atoms with E-state index in [-0.39, 0.29) is 0 Å². The quantitative estimate of drug-likeness (QED) is 0.670. The van der Waals surface area contributed by atoms with Crippen molar-refractivity contribution in [3.63, 3.8) is 0 Å². The van der Waals surface area contributed by atoms with E-state index in [1.165, 1.54) is 47.9 Å². The Morgan fingerprint density at radius 3 is 2.96 bits per heavy atom. The van der Waals surface area contributed by atoms with E-state index in [2.05, 4.69) is 65.0 Å². The van der Waals surface area contributed by atoms with Gasteiger partial charge in [0.15, 0.2) is 0 Å². The lowest BCUT2D eigenvalue weighted by Gasteiger charge is -2.24. The fourth-order valence-electron chi connectivity index (χ4n) is 4.70. The van der Waals surface area contributed by atoms with Gasteiger partial charge in [-0.2, -0.15) is 0 Å². The van der Waals surface area contributed by atoms with Gasteiger partial charge in [-0.25, -0.2) is 4.98 Å². The molecular formula is C24H32N4. The molecule has 0 saturated heterocycles. The van der Waals surface area contributed by atoms with Gasteiger partial charge in [0.2, 0.25) is 0 Å². The summed E-state index contributed by atoms with van der Waals surface area (Å²) in [7, 11) is 0. The fourth-order valence-corrected chi connectivity index (χ4v) is 4.70. The number of pyridine rings is 1. The summed E-state index contributed by atoms with van der Waals surface area (Å²) in [6.45, 7) is 3.70. The van der Waals surface area contributed by atoms with E-state index in [0.717, 1.165) is 18.8 Å². The molecular weight excluding hydrogens is 344 g/mol. The Morgan fingerprint density at radius 2 is 2.14 bits per heavy atom. The molecule has 148 valence electrons. The first-order chi connectivity index (χ1) is 13.7. The lowest BCUT2D eigenvalue weighted by atomic mass is 9.90. The predicted molar refractivity (Wildman–Crippen MR) is 118 cm³/mol. The van der Waals surface area contributed by atoms with Crippen LogP contribution in [0.25, 0.3) is 6.08 Å². The van der Waals surface area contributed by atoms with Gasteiger partial charge in [0.25, 0.3) is 0 Å². The first-order valence-electron chi connectivity index (χ1n) is 10.7. The third-order valence-corrected chi connectivity index (χ3v) is 6.19. The highest BCUT2D eigenvalue weighted by Gasteiger charge is 2.27. The lowest BCUT2D eigenvalue weighted by molar-refractivity contribution is 0.456. The summed E-state index contributed by atoms with van der Waals surface area (Å²) in [5.41, 5.74) is 11.3. The van der Waals surface area contributed by atoms with Gasteiger partial charge in [-0.1, -0.05) is 36.4 Å². The van der Waals surface area contributed by atoms with Crippen molar-refractivity contribution >= 4 is 11.9 Å². The molecule has 1 heterocycles. The monoisotopic (exact) mass is 376 g/mol. The maximum atomic E-state index is 5.54. The Bertz CT molecular complexity index is 812. The summed E-state index contributed by atoms with van der Waals surface area (Å²) < 4.78 is 0. The number of hydrogen-bond donors (Lipinski definition) is 3. The predicted octanol–water partition coefficient (Wildman–Crippen LogP) is 4.40. The number of aryl methyl sites for hydroxylation is 1. The Morgan fingerprint density at radius 1 is 1.21 bits per heavy atom. The minimum Gasteiger partial charge on any atom is -0.369 e. The Labute approximate surface area is 168 Å². The topological polar surface area (TPSA) is 63.0 Å². The molecule has 28 heavy (non-hydrogen) atoms. The van der Waals surface area contributed by atoms with Crippen molar-refractivity contribution < 1.29 is 0 Å². The average Bonchev–Trinajstić information content (AvgIpc) is 3.20. The number of anilines is 1. The smallest absolute Gasteiger partial charge is 0.125 e. The second-order valence-electron chi connectivity index (χ2n) is 8.15. The van der Waals surface area contributed by atoms with Gasteiger partial charge in [0.1, 0.15) is 5.82 Å². The minimum atomic E-state index is 0.377. The van der Waals surface area contributed by atoms with Crippen molar-refractivity contribution in [2.45, 2.75) is 57.0 Å². The third kappa shape index (κ3) is 4.29. The Kier molecular flexibility index (Phi) is 6.08. The molecule has 1 saturated carbocycles. The maximum Gasteiger partial charge on any atom is 0.125 e. The molecule has 0 spiro atoms. The van der Waals surface area contributed by atoms with Crippen LogP contribution in [0, 0.1) is 0 Å². The van der Waals surface area contributed by atoms with Gasteiger partial charge >= 0.3 is 0 Å². The molecule has 0 amide bonds. The van der Waals surface area contributed by atoms with Crippen LogP contribution in [0.1, 0.15) is 66.8 Å². The van der Waals surface area contributed by atoms with Crippen LogP contribution in [0.2, 0.25) is 0 Å². The zero-order valence-corrected chi connectivity index (χ0v) is 16.8. The van der Waals surface area contributed by atoms with Crippen LogP contribution in [-0.2, 0) is 6.42 Å². The summed E-state index contributed by atoms with van der Waals surface area (Å²) in [5, 5.41) is 7.14. The van der Waals surface area contributed by atoms with E-state index < -0.39 is 0 Å². The maximum absolute atomic E-state index is 5.54. The highest BCUT2D eigenvalue weighted by atomic mass is 15.0. The molecule has 2 aliphatic carbocycles. The van der Waals surface area contributed by atoms with E-state index in [1.54, 1.807) is 0 Å². The first-order valence-corrected chi connectivity index (χ1v) is 10.7. The molecule has 1 fully saturated rings. The molecule has 1 aromatic carbocycles. The zero-order chi connectivity index (χ0) is 19.3. The van der Waals surface area contributed by atoms with E-state index in [4.69, 9.17) is 5.73 Å². The van der Waals surface area contributed by atoms with E-state index in [0.29, 0.717) is 24.5 Å². The van der Waals surface area contributed by atoms with Crippen molar-refractivity contribution in [1.82, 2.24) is 10.3 Å². The summed E-state index contributed by atoms with van der Waals surface area (Å²) in [6, 6.07) is 12.0. The molecule has 0 unspecified atom stereocenters. The summed E-state index contributed by atoms with van der Waals surface area (Å²) >= 11 is 0. The second kappa shape index (κ2) is 8.89. The number of nitrogens with zero attached hydrogens (tertiary/aromatic N) is 1. The van der Waals surface area contributed by atoms with Crippen molar-refractivity contribution in [3.05, 3.63) is 64.9 Å². The number of rotatable bonds is 7. The van der Waals surface area contributed by atoms with E-state index in [9.17, 15) is 0 Å². The van der Waals surface area contributed by atoms with Gasteiger partial charge in [-0.3, -0.25) is 0 Å². The molecule has 0 aliphatic heterocycles. The van der Waals surface area contributed by atoms with Crippen LogP contribution in [0.5, 0.6) is 0 Å². The van der Waals surface area contributed by atoms with E-state index in [1.807, 2.05) is 6.20 Å². The fraction of sp³-hybridized carbons (Fsp3) is 0.458. The molecule has 0 radical (unpaired) electrons. The molecule has 2 aromatic rings. The summed E-state index contributed by atoms with van der Waals surface area (Å²) in [4.78, 5) is 4.55. The van der Waals surface area contributed by atoms with Crippen molar-refractivity contribution in [3.8, 4) is 0 Å². The van der Waals surface area contributed by atoms with Crippen molar-refractivity contribution in [2.24, 2.45) is 5.73 Å². The third-order valence-electron chi connectivity index (χ3n) is 6.19. The Balaban J connectivity index is 1.37. The molecule has 1 aromatic heterocycles. The van der Waals surface area contributed by atoms with Gasteiger partial charge in [0, 0.05) is 31.4 Å². The van der Waals surface area contributed by atoms with Gasteiger partial charge in [0.05, 0.1) is 0 Å². The SMILES string of the molecule is C[C@@H](N[C@H]1CC[C@@H](c2ccc(NCCN)nc2)C1)c1cccc2c1C=CCC2. The zero-order valence-electron chi connectivity index (χ0n) is 16.8. The lowest BCUT2D eigenvalue weighted by Crippen LogP contribution is -2.30. The van der Waals surface area contributed by atoms with Crippen LogP contribution in [0.15, 0.2) is 42.6 Å². The molecule has 2 aliphatic rings. The molecule has 4 rings (SSSR count). The molecule has 4 nitrogen and oxygen atoms in total. The van der Waals surface area contributed by atoms with Crippen molar-refractivity contribution in [2.75, 3.05) is 18.4 Å². The average molecular weight is 377 g/mol. The van der Waals surface area contributed by atoms with Crippen molar-refractivity contribution in [1.29, 1.82) is 0 Å². The standard InChI is InChI=1S/C24H32N4/c1-17(22-8-4-6-18-5-2-3-7-23(18)22)28-21-11-9-19(15-21)20-10-12-24(27-16-20)26-14-13-25/h3-4,6-8,10,12,16-17,19,21,28H,2,5,9,11,13-15,25H2,1H3,(H,26,27)/t17-,19-,21+/m1/s1. The van der Waals surface area contributed by atoms with Crippen LogP contribution in [-0.4, -0.2) is 24.1 Å². The largest absolute Gasteiger partial charge is 0.369 e. The normalized spacial score (nSPS) is 22.1.